The number of nitrogens with zero attached hydrogens (tertiary/aromatic N) is 3. The second-order valence-corrected chi connectivity index (χ2v) is 6.80. The molecule has 1 fully saturated rings. The molecule has 25 heavy (non-hydrogen) atoms. The van der Waals surface area contributed by atoms with Crippen molar-refractivity contribution < 1.29 is 14.3 Å². The minimum absolute atomic E-state index is 0.00750. The van der Waals surface area contributed by atoms with Gasteiger partial charge in [0.25, 0.3) is 5.91 Å². The van der Waals surface area contributed by atoms with Crippen LogP contribution in [0.4, 0.5) is 0 Å². The molecule has 0 saturated carbocycles. The van der Waals surface area contributed by atoms with E-state index in [1.165, 1.54) is 0 Å². The van der Waals surface area contributed by atoms with Crippen molar-refractivity contribution in [2.24, 2.45) is 0 Å². The van der Waals surface area contributed by atoms with E-state index in [0.717, 1.165) is 17.1 Å². The van der Waals surface area contributed by atoms with Gasteiger partial charge in [-0.15, -0.1) is 0 Å². The molecular weight excluding hydrogens is 320 g/mol. The topological polar surface area (TPSA) is 80.3 Å². The van der Waals surface area contributed by atoms with Crippen LogP contribution in [0.2, 0.25) is 0 Å². The smallest absolute Gasteiger partial charge is 0.264 e. The van der Waals surface area contributed by atoms with E-state index in [2.05, 4.69) is 15.2 Å². The SMILES string of the molecule is CC(C)c1n[nH]c([C@H]2CN(C(=O)[C@@H]3Cc4ccccc4O3)CCO2)n1. The molecule has 3 heterocycles. The lowest BCUT2D eigenvalue weighted by molar-refractivity contribution is -0.146. The highest BCUT2D eigenvalue weighted by molar-refractivity contribution is 5.82. The molecule has 4 rings (SSSR count). The van der Waals surface area contributed by atoms with Crippen LogP contribution < -0.4 is 4.74 Å². The lowest BCUT2D eigenvalue weighted by atomic mass is 10.1. The molecule has 1 aromatic heterocycles. The third kappa shape index (κ3) is 3.11. The van der Waals surface area contributed by atoms with E-state index in [0.29, 0.717) is 31.9 Å². The molecule has 132 valence electrons. The van der Waals surface area contributed by atoms with Gasteiger partial charge in [0.1, 0.15) is 11.9 Å². The van der Waals surface area contributed by atoms with Gasteiger partial charge in [-0.1, -0.05) is 32.0 Å². The standard InChI is InChI=1S/C18H22N4O3/c1-11(2)16-19-17(21-20-16)15-10-22(7-8-24-15)18(23)14-9-12-5-3-4-6-13(12)25-14/h3-6,11,14-15H,7-10H2,1-2H3,(H,19,20,21)/t14-,15+/m0/s1. The lowest BCUT2D eigenvalue weighted by Gasteiger charge is -2.33. The zero-order valence-electron chi connectivity index (χ0n) is 14.4. The highest BCUT2D eigenvalue weighted by atomic mass is 16.5. The average Bonchev–Trinajstić information content (AvgIpc) is 3.28. The van der Waals surface area contributed by atoms with Gasteiger partial charge in [-0.3, -0.25) is 9.89 Å². The highest BCUT2D eigenvalue weighted by Crippen LogP contribution is 2.30. The van der Waals surface area contributed by atoms with Gasteiger partial charge < -0.3 is 14.4 Å². The number of ether oxygens (including phenoxy) is 2. The number of hydrogen-bond donors (Lipinski definition) is 1. The number of morpholine rings is 1. The van der Waals surface area contributed by atoms with Crippen molar-refractivity contribution in [1.29, 1.82) is 0 Å². The normalized spacial score (nSPS) is 22.8. The van der Waals surface area contributed by atoms with Crippen LogP contribution in [0.1, 0.15) is 43.1 Å². The second kappa shape index (κ2) is 6.48. The minimum Gasteiger partial charge on any atom is -0.480 e. The highest BCUT2D eigenvalue weighted by Gasteiger charge is 2.35. The van der Waals surface area contributed by atoms with Gasteiger partial charge in [0.05, 0.1) is 13.2 Å². The van der Waals surface area contributed by atoms with Crippen LogP contribution in [-0.4, -0.2) is 51.8 Å². The van der Waals surface area contributed by atoms with Gasteiger partial charge in [0, 0.05) is 18.9 Å². The molecule has 2 aliphatic heterocycles. The number of carbonyl (C=O) groups is 1. The minimum atomic E-state index is -0.447. The van der Waals surface area contributed by atoms with E-state index in [-0.39, 0.29) is 17.9 Å². The molecule has 1 N–H and O–H groups in total. The van der Waals surface area contributed by atoms with E-state index in [9.17, 15) is 4.79 Å². The number of aromatic amines is 1. The zero-order chi connectivity index (χ0) is 17.4. The number of amides is 1. The van der Waals surface area contributed by atoms with Gasteiger partial charge in [-0.25, -0.2) is 4.98 Å². The van der Waals surface area contributed by atoms with Gasteiger partial charge in [-0.2, -0.15) is 5.10 Å². The number of fused-ring (bicyclic) bond motifs is 1. The predicted octanol–water partition coefficient (Wildman–Crippen LogP) is 1.83. The van der Waals surface area contributed by atoms with Crippen LogP contribution in [0.5, 0.6) is 5.75 Å². The fourth-order valence-electron chi connectivity index (χ4n) is 3.23. The summed E-state index contributed by atoms with van der Waals surface area (Å²) in [4.78, 5) is 19.2. The monoisotopic (exact) mass is 342 g/mol. The van der Waals surface area contributed by atoms with Crippen molar-refractivity contribution in [3.05, 3.63) is 41.5 Å². The average molecular weight is 342 g/mol. The van der Waals surface area contributed by atoms with Crippen LogP contribution >= 0.6 is 0 Å². The Hall–Kier alpha value is -2.41. The summed E-state index contributed by atoms with van der Waals surface area (Å²) in [6, 6.07) is 7.81. The third-order valence-corrected chi connectivity index (χ3v) is 4.64. The van der Waals surface area contributed by atoms with Gasteiger partial charge in [-0.05, 0) is 11.6 Å². The summed E-state index contributed by atoms with van der Waals surface area (Å²) in [6.45, 7) is 5.59. The molecule has 2 aromatic rings. The number of rotatable bonds is 3. The Morgan fingerprint density at radius 2 is 2.20 bits per heavy atom. The molecule has 7 nitrogen and oxygen atoms in total. The van der Waals surface area contributed by atoms with Crippen molar-refractivity contribution in [3.63, 3.8) is 0 Å². The fraction of sp³-hybridized carbons (Fsp3) is 0.500. The van der Waals surface area contributed by atoms with Crippen LogP contribution in [0.25, 0.3) is 0 Å². The molecule has 2 aliphatic rings. The first kappa shape index (κ1) is 16.1. The molecule has 0 unspecified atom stereocenters. The van der Waals surface area contributed by atoms with Crippen molar-refractivity contribution in [3.8, 4) is 5.75 Å². The summed E-state index contributed by atoms with van der Waals surface area (Å²) in [6.07, 6.45) is -0.102. The Morgan fingerprint density at radius 3 is 2.96 bits per heavy atom. The summed E-state index contributed by atoms with van der Waals surface area (Å²) in [5.41, 5.74) is 1.09. The largest absolute Gasteiger partial charge is 0.480 e. The Morgan fingerprint density at radius 1 is 1.36 bits per heavy atom. The predicted molar refractivity (Wildman–Crippen MR) is 90.3 cm³/mol. The summed E-state index contributed by atoms with van der Waals surface area (Å²) >= 11 is 0. The van der Waals surface area contributed by atoms with E-state index in [1.807, 2.05) is 43.0 Å². The Bertz CT molecular complexity index is 748. The molecule has 0 aliphatic carbocycles. The van der Waals surface area contributed by atoms with Crippen LogP contribution in [0, 0.1) is 0 Å². The first-order valence-corrected chi connectivity index (χ1v) is 8.69. The quantitative estimate of drug-likeness (QED) is 0.920. The summed E-state index contributed by atoms with van der Waals surface area (Å²) < 4.78 is 11.6. The van der Waals surface area contributed by atoms with Gasteiger partial charge in [0.15, 0.2) is 17.8 Å². The van der Waals surface area contributed by atoms with E-state index >= 15 is 0 Å². The number of nitrogens with one attached hydrogen (secondary N) is 1. The van der Waals surface area contributed by atoms with Crippen molar-refractivity contribution in [2.45, 2.75) is 38.4 Å². The molecule has 1 saturated heterocycles. The van der Waals surface area contributed by atoms with E-state index in [4.69, 9.17) is 9.47 Å². The Kier molecular flexibility index (Phi) is 4.17. The molecule has 1 aromatic carbocycles. The first-order valence-electron chi connectivity index (χ1n) is 8.69. The number of hydrogen-bond acceptors (Lipinski definition) is 5. The van der Waals surface area contributed by atoms with Gasteiger partial charge >= 0.3 is 0 Å². The zero-order valence-corrected chi connectivity index (χ0v) is 14.4. The van der Waals surface area contributed by atoms with Crippen molar-refractivity contribution >= 4 is 5.91 Å². The molecule has 0 bridgehead atoms. The number of carbonyl (C=O) groups excluding carboxylic acids is 1. The Balaban J connectivity index is 1.43. The fourth-order valence-corrected chi connectivity index (χ4v) is 3.23. The number of H-pyrrole nitrogens is 1. The lowest BCUT2D eigenvalue weighted by Crippen LogP contribution is -2.48. The maximum Gasteiger partial charge on any atom is 0.264 e. The Labute approximate surface area is 146 Å². The molecule has 2 atom stereocenters. The van der Waals surface area contributed by atoms with E-state index < -0.39 is 6.10 Å². The third-order valence-electron chi connectivity index (χ3n) is 4.64. The summed E-state index contributed by atoms with van der Waals surface area (Å²) in [5, 5.41) is 7.17. The number of benzene rings is 1. The first-order chi connectivity index (χ1) is 12.1. The molecule has 7 heteroatoms. The molecular formula is C18H22N4O3. The van der Waals surface area contributed by atoms with Crippen molar-refractivity contribution in [1.82, 2.24) is 20.1 Å². The van der Waals surface area contributed by atoms with Crippen molar-refractivity contribution in [2.75, 3.05) is 19.7 Å². The molecule has 0 radical (unpaired) electrons. The van der Waals surface area contributed by atoms with Gasteiger partial charge in [0.2, 0.25) is 0 Å². The number of para-hydroxylation sites is 1. The molecule has 0 spiro atoms. The summed E-state index contributed by atoms with van der Waals surface area (Å²) in [7, 11) is 0. The summed E-state index contributed by atoms with van der Waals surface area (Å²) in [5.74, 6) is 2.50. The van der Waals surface area contributed by atoms with Crippen LogP contribution in [0.15, 0.2) is 24.3 Å². The number of aromatic nitrogens is 3. The van der Waals surface area contributed by atoms with Crippen LogP contribution in [0.3, 0.4) is 0 Å². The maximum atomic E-state index is 12.9. The second-order valence-electron chi connectivity index (χ2n) is 6.80. The maximum absolute atomic E-state index is 12.9. The van der Waals surface area contributed by atoms with Crippen LogP contribution in [-0.2, 0) is 16.0 Å². The van der Waals surface area contributed by atoms with E-state index in [1.54, 1.807) is 0 Å². The molecule has 1 amide bonds.